The molecular formula is C13H15N5. The van der Waals surface area contributed by atoms with E-state index < -0.39 is 0 Å². The minimum absolute atomic E-state index is 0.417. The third-order valence-corrected chi connectivity index (χ3v) is 3.17. The highest BCUT2D eigenvalue weighted by atomic mass is 15.2. The average Bonchev–Trinajstić information content (AvgIpc) is 2.27. The molecule has 3 heterocycles. The second-order valence-electron chi connectivity index (χ2n) is 4.68. The molecular weight excluding hydrogens is 226 g/mol. The van der Waals surface area contributed by atoms with Crippen LogP contribution in [0.4, 0.5) is 5.82 Å². The van der Waals surface area contributed by atoms with Crippen LogP contribution in [0.5, 0.6) is 0 Å². The van der Waals surface area contributed by atoms with E-state index in [0.29, 0.717) is 5.92 Å². The van der Waals surface area contributed by atoms with Gasteiger partial charge in [0.15, 0.2) is 0 Å². The lowest BCUT2D eigenvalue weighted by Crippen LogP contribution is -2.46. The molecule has 3 rings (SSSR count). The largest absolute Gasteiger partial charge is 0.355 e. The highest BCUT2D eigenvalue weighted by Crippen LogP contribution is 2.28. The molecule has 0 spiro atoms. The smallest absolute Gasteiger partial charge is 0.135 e. The number of hydrogen-bond acceptors (Lipinski definition) is 5. The first-order valence-electron chi connectivity index (χ1n) is 6.05. The number of hydrogen-bond donors (Lipinski definition) is 0. The molecule has 18 heavy (non-hydrogen) atoms. The Labute approximate surface area is 106 Å². The lowest BCUT2D eigenvalue weighted by atomic mass is 9.99. The summed E-state index contributed by atoms with van der Waals surface area (Å²) < 4.78 is 0. The number of rotatable bonds is 2. The average molecular weight is 241 g/mol. The quantitative estimate of drug-likeness (QED) is 0.797. The van der Waals surface area contributed by atoms with Crippen LogP contribution in [0.25, 0.3) is 0 Å². The molecule has 5 heteroatoms. The van der Waals surface area contributed by atoms with Crippen molar-refractivity contribution < 1.29 is 0 Å². The maximum absolute atomic E-state index is 4.47. The van der Waals surface area contributed by atoms with E-state index >= 15 is 0 Å². The summed E-state index contributed by atoms with van der Waals surface area (Å²) in [6.45, 7) is 5.83. The second-order valence-corrected chi connectivity index (χ2v) is 4.68. The number of aryl methyl sites for hydroxylation is 2. The van der Waals surface area contributed by atoms with Crippen molar-refractivity contribution in [3.63, 3.8) is 0 Å². The van der Waals surface area contributed by atoms with Gasteiger partial charge in [-0.1, -0.05) is 0 Å². The van der Waals surface area contributed by atoms with Crippen LogP contribution < -0.4 is 4.90 Å². The summed E-state index contributed by atoms with van der Waals surface area (Å²) >= 11 is 0. The van der Waals surface area contributed by atoms with Gasteiger partial charge in [0.25, 0.3) is 0 Å². The number of anilines is 1. The van der Waals surface area contributed by atoms with E-state index in [1.54, 1.807) is 6.33 Å². The Morgan fingerprint density at radius 2 is 1.94 bits per heavy atom. The van der Waals surface area contributed by atoms with E-state index in [4.69, 9.17) is 0 Å². The third-order valence-electron chi connectivity index (χ3n) is 3.17. The van der Waals surface area contributed by atoms with Crippen molar-refractivity contribution in [3.05, 3.63) is 41.9 Å². The van der Waals surface area contributed by atoms with Gasteiger partial charge in [-0.25, -0.2) is 19.9 Å². The molecule has 0 unspecified atom stereocenters. The van der Waals surface area contributed by atoms with Crippen molar-refractivity contribution in [1.29, 1.82) is 0 Å². The van der Waals surface area contributed by atoms with Gasteiger partial charge in [-0.15, -0.1) is 0 Å². The molecule has 1 saturated heterocycles. The summed E-state index contributed by atoms with van der Waals surface area (Å²) in [6.07, 6.45) is 3.44. The van der Waals surface area contributed by atoms with Gasteiger partial charge in [-0.3, -0.25) is 0 Å². The zero-order valence-corrected chi connectivity index (χ0v) is 10.5. The lowest BCUT2D eigenvalue weighted by molar-refractivity contribution is 0.494. The first-order valence-corrected chi connectivity index (χ1v) is 6.05. The summed E-state index contributed by atoms with van der Waals surface area (Å²) in [4.78, 5) is 19.4. The summed E-state index contributed by atoms with van der Waals surface area (Å²) in [6, 6.07) is 3.93. The molecule has 0 aromatic carbocycles. The molecule has 1 aliphatic heterocycles. The SMILES string of the molecule is Cc1cc(N2CC(c3nccc(C)n3)C2)ncn1. The van der Waals surface area contributed by atoms with Gasteiger partial charge in [-0.05, 0) is 19.9 Å². The van der Waals surface area contributed by atoms with Crippen molar-refractivity contribution >= 4 is 5.82 Å². The van der Waals surface area contributed by atoms with Crippen molar-refractivity contribution in [2.45, 2.75) is 19.8 Å². The maximum atomic E-state index is 4.47. The number of nitrogens with zero attached hydrogens (tertiary/aromatic N) is 5. The van der Waals surface area contributed by atoms with Crippen LogP contribution in [0.1, 0.15) is 23.1 Å². The van der Waals surface area contributed by atoms with Crippen LogP contribution in [0.15, 0.2) is 24.7 Å². The molecule has 0 saturated carbocycles. The molecule has 0 radical (unpaired) electrons. The standard InChI is InChI=1S/C13H15N5/c1-9-3-4-14-13(17-9)11-6-18(7-11)12-5-10(2)15-8-16-12/h3-5,8,11H,6-7H2,1-2H3. The normalized spacial score (nSPS) is 15.6. The minimum Gasteiger partial charge on any atom is -0.355 e. The first-order chi connectivity index (χ1) is 8.72. The zero-order valence-electron chi connectivity index (χ0n) is 10.5. The van der Waals surface area contributed by atoms with Crippen LogP contribution in [-0.2, 0) is 0 Å². The Bertz CT molecular complexity index is 513. The Morgan fingerprint density at radius 3 is 2.67 bits per heavy atom. The molecule has 0 aliphatic carbocycles. The monoisotopic (exact) mass is 241 g/mol. The van der Waals surface area contributed by atoms with E-state index in [9.17, 15) is 0 Å². The highest BCUT2D eigenvalue weighted by molar-refractivity contribution is 5.43. The molecule has 0 atom stereocenters. The first kappa shape index (κ1) is 11.1. The van der Waals surface area contributed by atoms with Crippen molar-refractivity contribution in [3.8, 4) is 0 Å². The fraction of sp³-hybridized carbons (Fsp3) is 0.385. The predicted octanol–water partition coefficient (Wildman–Crippen LogP) is 1.49. The van der Waals surface area contributed by atoms with Gasteiger partial charge in [0, 0.05) is 36.7 Å². The molecule has 1 fully saturated rings. The highest BCUT2D eigenvalue weighted by Gasteiger charge is 2.31. The predicted molar refractivity (Wildman–Crippen MR) is 68.5 cm³/mol. The molecule has 0 bridgehead atoms. The summed E-state index contributed by atoms with van der Waals surface area (Å²) in [7, 11) is 0. The Hall–Kier alpha value is -2.04. The van der Waals surface area contributed by atoms with Gasteiger partial charge in [0.1, 0.15) is 18.0 Å². The van der Waals surface area contributed by atoms with Crippen LogP contribution in [0.2, 0.25) is 0 Å². The molecule has 92 valence electrons. The number of aromatic nitrogens is 4. The van der Waals surface area contributed by atoms with Gasteiger partial charge < -0.3 is 4.90 Å². The second kappa shape index (κ2) is 4.33. The third kappa shape index (κ3) is 2.03. The fourth-order valence-electron chi connectivity index (χ4n) is 2.11. The summed E-state index contributed by atoms with van der Waals surface area (Å²) in [5.74, 6) is 2.35. The lowest BCUT2D eigenvalue weighted by Gasteiger charge is -2.39. The summed E-state index contributed by atoms with van der Waals surface area (Å²) in [5, 5.41) is 0. The molecule has 2 aromatic heterocycles. The van der Waals surface area contributed by atoms with E-state index in [-0.39, 0.29) is 0 Å². The Kier molecular flexibility index (Phi) is 2.66. The summed E-state index contributed by atoms with van der Waals surface area (Å²) in [5.41, 5.74) is 2.02. The van der Waals surface area contributed by atoms with Crippen LogP contribution in [-0.4, -0.2) is 33.0 Å². The van der Waals surface area contributed by atoms with Gasteiger partial charge >= 0.3 is 0 Å². The van der Waals surface area contributed by atoms with E-state index in [1.807, 2.05) is 32.2 Å². The molecule has 5 nitrogen and oxygen atoms in total. The van der Waals surface area contributed by atoms with Crippen LogP contribution in [0.3, 0.4) is 0 Å². The van der Waals surface area contributed by atoms with Crippen LogP contribution in [0, 0.1) is 13.8 Å². The topological polar surface area (TPSA) is 54.8 Å². The van der Waals surface area contributed by atoms with Crippen molar-refractivity contribution in [1.82, 2.24) is 19.9 Å². The van der Waals surface area contributed by atoms with Gasteiger partial charge in [0.05, 0.1) is 5.92 Å². The fourth-order valence-corrected chi connectivity index (χ4v) is 2.11. The molecule has 0 N–H and O–H groups in total. The van der Waals surface area contributed by atoms with Gasteiger partial charge in [0.2, 0.25) is 0 Å². The van der Waals surface area contributed by atoms with Crippen molar-refractivity contribution in [2.75, 3.05) is 18.0 Å². The van der Waals surface area contributed by atoms with Gasteiger partial charge in [-0.2, -0.15) is 0 Å². The van der Waals surface area contributed by atoms with Crippen molar-refractivity contribution in [2.24, 2.45) is 0 Å². The minimum atomic E-state index is 0.417. The van der Waals surface area contributed by atoms with E-state index in [1.165, 1.54) is 0 Å². The Balaban J connectivity index is 1.70. The van der Waals surface area contributed by atoms with E-state index in [2.05, 4.69) is 24.8 Å². The molecule has 1 aliphatic rings. The van der Waals surface area contributed by atoms with Crippen LogP contribution >= 0.6 is 0 Å². The maximum Gasteiger partial charge on any atom is 0.135 e. The molecule has 0 amide bonds. The molecule has 2 aromatic rings. The van der Waals surface area contributed by atoms with E-state index in [0.717, 1.165) is 36.1 Å². The zero-order chi connectivity index (χ0) is 12.5. The Morgan fingerprint density at radius 1 is 1.11 bits per heavy atom.